The number of rotatable bonds is 3. The monoisotopic (exact) mass is 194 g/mol. The van der Waals surface area contributed by atoms with Gasteiger partial charge >= 0.3 is 0 Å². The smallest absolute Gasteiger partial charge is 0.181 e. The van der Waals surface area contributed by atoms with Crippen LogP contribution >= 0.6 is 11.3 Å². The number of nitrogen functional groups attached to an aromatic ring is 1. The molecule has 2 N–H and O–H groups in total. The zero-order valence-electron chi connectivity index (χ0n) is 8.00. The van der Waals surface area contributed by atoms with Crippen LogP contribution in [-0.2, 0) is 0 Å². The van der Waals surface area contributed by atoms with Crippen LogP contribution in [0.2, 0.25) is 0 Å². The first-order chi connectivity index (χ1) is 6.06. The number of hydrogen-bond acceptors (Lipinski definition) is 3. The first-order valence-corrected chi connectivity index (χ1v) is 4.95. The molecule has 0 atom stereocenters. The molecule has 3 heteroatoms. The maximum absolute atomic E-state index is 5.61. The van der Waals surface area contributed by atoms with Crippen LogP contribution in [0.1, 0.15) is 24.4 Å². The Bertz CT molecular complexity index is 337. The zero-order valence-corrected chi connectivity index (χ0v) is 8.82. The molecule has 0 bridgehead atoms. The van der Waals surface area contributed by atoms with Gasteiger partial charge in [0.25, 0.3) is 0 Å². The van der Waals surface area contributed by atoms with Crippen molar-refractivity contribution in [1.29, 1.82) is 0 Å². The third-order valence-corrected chi connectivity index (χ3v) is 2.74. The standard InChI is InChI=1S/C10H14N2S/c1-5-8-9(7(4)6(2)3)12-10(11)13-8/h5-6H,1,4H2,2-3H3,(H2,11,12). The van der Waals surface area contributed by atoms with Crippen LogP contribution in [0.15, 0.2) is 13.2 Å². The van der Waals surface area contributed by atoms with Crippen molar-refractivity contribution in [2.75, 3.05) is 5.73 Å². The SMILES string of the molecule is C=Cc1sc(N)nc1C(=C)C(C)C. The van der Waals surface area contributed by atoms with Crippen molar-refractivity contribution in [2.24, 2.45) is 5.92 Å². The Morgan fingerprint density at radius 3 is 2.69 bits per heavy atom. The average Bonchev–Trinajstić information content (AvgIpc) is 2.45. The van der Waals surface area contributed by atoms with Crippen molar-refractivity contribution in [1.82, 2.24) is 4.98 Å². The van der Waals surface area contributed by atoms with E-state index in [4.69, 9.17) is 5.73 Å². The zero-order chi connectivity index (χ0) is 10.0. The Morgan fingerprint density at radius 2 is 2.23 bits per heavy atom. The first kappa shape index (κ1) is 9.99. The highest BCUT2D eigenvalue weighted by atomic mass is 32.1. The lowest BCUT2D eigenvalue weighted by Gasteiger charge is -2.06. The largest absolute Gasteiger partial charge is 0.375 e. The second kappa shape index (κ2) is 3.75. The van der Waals surface area contributed by atoms with E-state index in [0.717, 1.165) is 16.1 Å². The van der Waals surface area contributed by atoms with Gasteiger partial charge in [0.15, 0.2) is 5.13 Å². The van der Waals surface area contributed by atoms with Crippen LogP contribution in [0, 0.1) is 5.92 Å². The van der Waals surface area contributed by atoms with Gasteiger partial charge in [-0.2, -0.15) is 0 Å². The summed E-state index contributed by atoms with van der Waals surface area (Å²) in [6.45, 7) is 11.9. The minimum Gasteiger partial charge on any atom is -0.375 e. The summed E-state index contributed by atoms with van der Waals surface area (Å²) in [5.74, 6) is 0.389. The molecular formula is C10H14N2S. The number of thiazole rings is 1. The minimum absolute atomic E-state index is 0.389. The Morgan fingerprint density at radius 1 is 1.62 bits per heavy atom. The summed E-state index contributed by atoms with van der Waals surface area (Å²) >= 11 is 1.45. The molecule has 0 aliphatic rings. The summed E-state index contributed by atoms with van der Waals surface area (Å²) in [5.41, 5.74) is 7.52. The molecule has 0 spiro atoms. The van der Waals surface area contributed by atoms with Crippen LogP contribution < -0.4 is 5.73 Å². The summed E-state index contributed by atoms with van der Waals surface area (Å²) in [4.78, 5) is 5.24. The Kier molecular flexibility index (Phi) is 2.88. The summed E-state index contributed by atoms with van der Waals surface area (Å²) in [6.07, 6.45) is 1.77. The van der Waals surface area contributed by atoms with E-state index in [2.05, 4.69) is 32.0 Å². The molecule has 0 fully saturated rings. The fourth-order valence-electron chi connectivity index (χ4n) is 0.991. The van der Waals surface area contributed by atoms with E-state index in [1.54, 1.807) is 6.08 Å². The van der Waals surface area contributed by atoms with E-state index in [1.807, 2.05) is 0 Å². The number of anilines is 1. The number of aromatic nitrogens is 1. The van der Waals surface area contributed by atoms with Crippen molar-refractivity contribution in [3.63, 3.8) is 0 Å². The lowest BCUT2D eigenvalue weighted by atomic mass is 10.0. The molecular weight excluding hydrogens is 180 g/mol. The number of nitrogens with zero attached hydrogens (tertiary/aromatic N) is 1. The number of allylic oxidation sites excluding steroid dienone is 1. The lowest BCUT2D eigenvalue weighted by Crippen LogP contribution is -1.94. The molecule has 0 amide bonds. The van der Waals surface area contributed by atoms with Crippen molar-refractivity contribution in [2.45, 2.75) is 13.8 Å². The summed E-state index contributed by atoms with van der Waals surface area (Å²) in [6, 6.07) is 0. The molecule has 0 radical (unpaired) electrons. The molecule has 1 aromatic rings. The Balaban J connectivity index is 3.12. The summed E-state index contributed by atoms with van der Waals surface area (Å²) < 4.78 is 0. The second-order valence-electron chi connectivity index (χ2n) is 3.15. The highest BCUT2D eigenvalue weighted by molar-refractivity contribution is 7.16. The maximum Gasteiger partial charge on any atom is 0.181 e. The molecule has 1 aromatic heterocycles. The average molecular weight is 194 g/mol. The van der Waals surface area contributed by atoms with Gasteiger partial charge < -0.3 is 5.73 Å². The van der Waals surface area contributed by atoms with Gasteiger partial charge in [-0.3, -0.25) is 0 Å². The van der Waals surface area contributed by atoms with Gasteiger partial charge in [-0.1, -0.05) is 38.3 Å². The van der Waals surface area contributed by atoms with Crippen LogP contribution in [0.3, 0.4) is 0 Å². The quantitative estimate of drug-likeness (QED) is 0.803. The van der Waals surface area contributed by atoms with E-state index in [1.165, 1.54) is 11.3 Å². The summed E-state index contributed by atoms with van der Waals surface area (Å²) in [7, 11) is 0. The first-order valence-electron chi connectivity index (χ1n) is 4.14. The van der Waals surface area contributed by atoms with Crippen molar-refractivity contribution < 1.29 is 0 Å². The highest BCUT2D eigenvalue weighted by Gasteiger charge is 2.12. The van der Waals surface area contributed by atoms with Crippen molar-refractivity contribution in [3.05, 3.63) is 23.7 Å². The van der Waals surface area contributed by atoms with Gasteiger partial charge in [-0.15, -0.1) is 0 Å². The molecule has 1 rings (SSSR count). The van der Waals surface area contributed by atoms with Crippen molar-refractivity contribution >= 4 is 28.1 Å². The lowest BCUT2D eigenvalue weighted by molar-refractivity contribution is 0.852. The van der Waals surface area contributed by atoms with Crippen LogP contribution in [0.5, 0.6) is 0 Å². The molecule has 0 aromatic carbocycles. The van der Waals surface area contributed by atoms with E-state index >= 15 is 0 Å². The van der Waals surface area contributed by atoms with E-state index in [9.17, 15) is 0 Å². The minimum atomic E-state index is 0.389. The molecule has 0 aliphatic carbocycles. The normalized spacial score (nSPS) is 10.4. The predicted molar refractivity (Wildman–Crippen MR) is 60.5 cm³/mol. The molecule has 1 heterocycles. The van der Waals surface area contributed by atoms with Crippen LogP contribution in [0.4, 0.5) is 5.13 Å². The Labute approximate surface area is 82.8 Å². The summed E-state index contributed by atoms with van der Waals surface area (Å²) in [5, 5.41) is 0.576. The van der Waals surface area contributed by atoms with Gasteiger partial charge in [0.2, 0.25) is 0 Å². The number of nitrogens with two attached hydrogens (primary N) is 1. The topological polar surface area (TPSA) is 38.9 Å². The van der Waals surface area contributed by atoms with E-state index in [0.29, 0.717) is 11.0 Å². The van der Waals surface area contributed by atoms with Crippen molar-refractivity contribution in [3.8, 4) is 0 Å². The molecule has 2 nitrogen and oxygen atoms in total. The van der Waals surface area contributed by atoms with E-state index in [-0.39, 0.29) is 0 Å². The second-order valence-corrected chi connectivity index (χ2v) is 4.21. The molecule has 70 valence electrons. The van der Waals surface area contributed by atoms with Crippen LogP contribution in [-0.4, -0.2) is 4.98 Å². The van der Waals surface area contributed by atoms with Gasteiger partial charge in [0.1, 0.15) is 0 Å². The van der Waals surface area contributed by atoms with Crippen LogP contribution in [0.25, 0.3) is 11.6 Å². The van der Waals surface area contributed by atoms with Gasteiger partial charge in [0.05, 0.1) is 10.6 Å². The van der Waals surface area contributed by atoms with Gasteiger partial charge in [0, 0.05) is 0 Å². The predicted octanol–water partition coefficient (Wildman–Crippen LogP) is 3.04. The Hall–Kier alpha value is -1.09. The third kappa shape index (κ3) is 1.98. The fraction of sp³-hybridized carbons (Fsp3) is 0.300. The van der Waals surface area contributed by atoms with Gasteiger partial charge in [-0.05, 0) is 17.6 Å². The molecule has 0 saturated heterocycles. The van der Waals surface area contributed by atoms with E-state index < -0.39 is 0 Å². The third-order valence-electron chi connectivity index (χ3n) is 1.86. The molecule has 0 unspecified atom stereocenters. The fourth-order valence-corrected chi connectivity index (χ4v) is 1.71. The molecule has 0 saturated carbocycles. The molecule has 0 aliphatic heterocycles. The highest BCUT2D eigenvalue weighted by Crippen LogP contribution is 2.29. The maximum atomic E-state index is 5.61. The number of hydrogen-bond donors (Lipinski definition) is 1. The van der Waals surface area contributed by atoms with Gasteiger partial charge in [-0.25, -0.2) is 4.98 Å². The molecule has 13 heavy (non-hydrogen) atoms.